The zero-order valence-corrected chi connectivity index (χ0v) is 23.6. The van der Waals surface area contributed by atoms with E-state index in [-0.39, 0.29) is 18.1 Å². The van der Waals surface area contributed by atoms with Gasteiger partial charge in [-0.1, -0.05) is 18.7 Å². The maximum Gasteiger partial charge on any atom is 0.333 e. The minimum Gasteiger partial charge on any atom is -0.460 e. The molecule has 0 heterocycles. The number of carbonyl (C=O) groups excluding carboxylic acids is 1. The summed E-state index contributed by atoms with van der Waals surface area (Å²) in [6, 6.07) is 22.3. The van der Waals surface area contributed by atoms with Crippen LogP contribution < -0.4 is 4.90 Å². The number of hydrogen-bond acceptors (Lipinski definition) is 9. The number of carbonyl (C=O) groups is 1. The summed E-state index contributed by atoms with van der Waals surface area (Å²) in [6.07, 6.45) is 1.52. The SMILES string of the molecule is C=C(C)C(=O)OCCN(CC)c1ccc(N=Nc2c(C)cc(N=Nc3ccc(C=C(C#N)C#N)cc3)cc2C)cc1. The van der Waals surface area contributed by atoms with Gasteiger partial charge < -0.3 is 9.64 Å². The molecule has 0 aliphatic carbocycles. The van der Waals surface area contributed by atoms with Crippen molar-refractivity contribution in [3.63, 3.8) is 0 Å². The van der Waals surface area contributed by atoms with Crippen molar-refractivity contribution in [2.24, 2.45) is 20.5 Å². The van der Waals surface area contributed by atoms with Crippen LogP contribution >= 0.6 is 0 Å². The van der Waals surface area contributed by atoms with Gasteiger partial charge in [-0.05, 0) is 99.0 Å². The summed E-state index contributed by atoms with van der Waals surface area (Å²) in [7, 11) is 0. The second-order valence-electron chi connectivity index (χ2n) is 9.21. The minimum absolute atomic E-state index is 0.0402. The Balaban J connectivity index is 1.65. The summed E-state index contributed by atoms with van der Waals surface area (Å²) in [6.45, 7) is 12.8. The third kappa shape index (κ3) is 8.81. The van der Waals surface area contributed by atoms with Gasteiger partial charge in [-0.25, -0.2) is 4.79 Å². The lowest BCUT2D eigenvalue weighted by Crippen LogP contribution is -2.28. The molecule has 0 atom stereocenters. The van der Waals surface area contributed by atoms with Gasteiger partial charge in [0.1, 0.15) is 24.3 Å². The third-order valence-corrected chi connectivity index (χ3v) is 6.01. The number of allylic oxidation sites excluding steroid dienone is 1. The van der Waals surface area contributed by atoms with Gasteiger partial charge in [-0.15, -0.1) is 0 Å². The lowest BCUT2D eigenvalue weighted by atomic mass is 10.1. The molecule has 41 heavy (non-hydrogen) atoms. The Morgan fingerprint density at radius 2 is 1.44 bits per heavy atom. The average molecular weight is 546 g/mol. The van der Waals surface area contributed by atoms with Crippen molar-refractivity contribution in [3.05, 3.63) is 95.1 Å². The summed E-state index contributed by atoms with van der Waals surface area (Å²) in [5.41, 5.74) is 6.83. The van der Waals surface area contributed by atoms with Crippen molar-refractivity contribution in [2.75, 3.05) is 24.6 Å². The van der Waals surface area contributed by atoms with Crippen molar-refractivity contribution in [1.29, 1.82) is 10.5 Å². The number of esters is 1. The number of nitrogens with zero attached hydrogens (tertiary/aromatic N) is 7. The fraction of sp³-hybridized carbons (Fsp3) is 0.219. The lowest BCUT2D eigenvalue weighted by Gasteiger charge is -2.22. The van der Waals surface area contributed by atoms with E-state index in [2.05, 4.69) is 31.9 Å². The molecule has 0 radical (unpaired) electrons. The van der Waals surface area contributed by atoms with E-state index in [9.17, 15) is 4.79 Å². The van der Waals surface area contributed by atoms with E-state index in [0.29, 0.717) is 23.5 Å². The molecule has 0 unspecified atom stereocenters. The van der Waals surface area contributed by atoms with E-state index in [0.717, 1.165) is 40.3 Å². The molecule has 3 aromatic carbocycles. The molecule has 0 spiro atoms. The monoisotopic (exact) mass is 545 g/mol. The van der Waals surface area contributed by atoms with Gasteiger partial charge in [0, 0.05) is 17.8 Å². The minimum atomic E-state index is -0.383. The molecule has 0 saturated carbocycles. The first-order chi connectivity index (χ1) is 19.7. The molecule has 0 bridgehead atoms. The van der Waals surface area contributed by atoms with E-state index >= 15 is 0 Å². The standard InChI is InChI=1S/C32H31N7O2/c1-6-39(15-16-41-32(40)22(2)3)30-13-11-28(12-14-30)36-38-31-23(4)17-29(18-24(31)5)37-35-27-9-7-25(8-10-27)19-26(20-33)21-34/h7-14,17-19H,2,6,15-16H2,1,3-5H3. The number of anilines is 1. The average Bonchev–Trinajstić information content (AvgIpc) is 2.97. The summed E-state index contributed by atoms with van der Waals surface area (Å²) in [4.78, 5) is 13.7. The number of hydrogen-bond donors (Lipinski definition) is 0. The molecule has 0 amide bonds. The number of likely N-dealkylation sites (N-methyl/N-ethyl adjacent to an activating group) is 1. The molecule has 0 fully saturated rings. The normalized spacial score (nSPS) is 10.7. The molecule has 0 aromatic heterocycles. The van der Waals surface area contributed by atoms with Crippen LogP contribution in [0.25, 0.3) is 6.08 Å². The zero-order valence-electron chi connectivity index (χ0n) is 23.6. The van der Waals surface area contributed by atoms with Crippen molar-refractivity contribution >= 4 is 40.5 Å². The van der Waals surface area contributed by atoms with Crippen LogP contribution in [-0.4, -0.2) is 25.7 Å². The van der Waals surface area contributed by atoms with E-state index in [1.165, 1.54) is 6.08 Å². The molecule has 0 aliphatic heterocycles. The molecule has 0 aliphatic rings. The van der Waals surface area contributed by atoms with E-state index < -0.39 is 0 Å². The Bertz CT molecular complexity index is 1530. The largest absolute Gasteiger partial charge is 0.460 e. The summed E-state index contributed by atoms with van der Waals surface area (Å²) < 4.78 is 5.21. The quantitative estimate of drug-likeness (QED) is 0.103. The first kappa shape index (κ1) is 30.1. The Kier molecular flexibility index (Phi) is 10.8. The van der Waals surface area contributed by atoms with Crippen LogP contribution in [-0.2, 0) is 9.53 Å². The molecule has 9 heteroatoms. The van der Waals surface area contributed by atoms with Crippen LogP contribution in [0.3, 0.4) is 0 Å². The molecule has 0 N–H and O–H groups in total. The predicted octanol–water partition coefficient (Wildman–Crippen LogP) is 8.51. The lowest BCUT2D eigenvalue weighted by molar-refractivity contribution is -0.138. The smallest absolute Gasteiger partial charge is 0.333 e. The molecule has 3 rings (SSSR count). The van der Waals surface area contributed by atoms with Gasteiger partial charge in [0.25, 0.3) is 0 Å². The van der Waals surface area contributed by atoms with E-state index in [4.69, 9.17) is 15.3 Å². The molecule has 9 nitrogen and oxygen atoms in total. The van der Waals surface area contributed by atoms with Gasteiger partial charge in [0.05, 0.1) is 29.3 Å². The van der Waals surface area contributed by atoms with Crippen molar-refractivity contribution < 1.29 is 9.53 Å². The number of rotatable bonds is 11. The first-order valence-corrected chi connectivity index (χ1v) is 13.0. The van der Waals surface area contributed by atoms with Crippen LogP contribution in [0.15, 0.2) is 98.8 Å². The Morgan fingerprint density at radius 3 is 1.98 bits per heavy atom. The molecular formula is C32H31N7O2. The van der Waals surface area contributed by atoms with Gasteiger partial charge in [0.15, 0.2) is 0 Å². The van der Waals surface area contributed by atoms with Gasteiger partial charge in [-0.3, -0.25) is 0 Å². The highest BCUT2D eigenvalue weighted by molar-refractivity contribution is 5.86. The fourth-order valence-electron chi connectivity index (χ4n) is 3.84. The molecule has 3 aromatic rings. The van der Waals surface area contributed by atoms with Crippen molar-refractivity contribution in [2.45, 2.75) is 27.7 Å². The zero-order chi connectivity index (χ0) is 29.8. The topological polar surface area (TPSA) is 127 Å². The number of benzene rings is 3. The van der Waals surface area contributed by atoms with Crippen molar-refractivity contribution in [3.8, 4) is 12.1 Å². The third-order valence-electron chi connectivity index (χ3n) is 6.01. The summed E-state index contributed by atoms with van der Waals surface area (Å²) in [5, 5.41) is 35.3. The summed E-state index contributed by atoms with van der Waals surface area (Å²) in [5.74, 6) is -0.383. The second kappa shape index (κ2) is 14.7. The number of azo groups is 2. The van der Waals surface area contributed by atoms with Crippen LogP contribution in [0.4, 0.5) is 28.4 Å². The highest BCUT2D eigenvalue weighted by Crippen LogP contribution is 2.32. The Hall–Kier alpha value is -5.41. The van der Waals surface area contributed by atoms with Gasteiger partial charge in [-0.2, -0.15) is 31.0 Å². The first-order valence-electron chi connectivity index (χ1n) is 13.0. The Labute approximate surface area is 240 Å². The number of aryl methyl sites for hydroxylation is 2. The fourth-order valence-corrected chi connectivity index (χ4v) is 3.84. The van der Waals surface area contributed by atoms with Gasteiger partial charge in [0.2, 0.25) is 0 Å². The summed E-state index contributed by atoms with van der Waals surface area (Å²) >= 11 is 0. The number of nitriles is 2. The predicted molar refractivity (Wildman–Crippen MR) is 160 cm³/mol. The van der Waals surface area contributed by atoms with Crippen LogP contribution in [0.2, 0.25) is 0 Å². The molecule has 206 valence electrons. The molecule has 0 saturated heterocycles. The van der Waals surface area contributed by atoms with Crippen molar-refractivity contribution in [1.82, 2.24) is 0 Å². The number of ether oxygens (including phenoxy) is 1. The maximum atomic E-state index is 11.6. The highest BCUT2D eigenvalue weighted by Gasteiger charge is 2.08. The Morgan fingerprint density at radius 1 is 0.902 bits per heavy atom. The van der Waals surface area contributed by atoms with Gasteiger partial charge >= 0.3 is 5.97 Å². The maximum absolute atomic E-state index is 11.6. The second-order valence-corrected chi connectivity index (χ2v) is 9.21. The highest BCUT2D eigenvalue weighted by atomic mass is 16.5. The van der Waals surface area contributed by atoms with E-state index in [1.54, 1.807) is 31.2 Å². The van der Waals surface area contributed by atoms with E-state index in [1.807, 2.05) is 69.3 Å². The molecular weight excluding hydrogens is 514 g/mol. The van der Waals surface area contributed by atoms with Crippen LogP contribution in [0.5, 0.6) is 0 Å². The van der Waals surface area contributed by atoms with Crippen LogP contribution in [0, 0.1) is 36.5 Å². The van der Waals surface area contributed by atoms with Crippen LogP contribution in [0.1, 0.15) is 30.5 Å².